The van der Waals surface area contributed by atoms with E-state index >= 15 is 0 Å². The van der Waals surface area contributed by atoms with Gasteiger partial charge in [-0.05, 0) is 30.9 Å². The molecular formula is C13H18N2O. The van der Waals surface area contributed by atoms with Gasteiger partial charge >= 0.3 is 0 Å². The van der Waals surface area contributed by atoms with E-state index in [0.717, 1.165) is 6.54 Å². The highest BCUT2D eigenvalue weighted by Gasteiger charge is 2.07. The Morgan fingerprint density at radius 2 is 2.50 bits per heavy atom. The van der Waals surface area contributed by atoms with Crippen LogP contribution in [0, 0.1) is 0 Å². The van der Waals surface area contributed by atoms with Crippen molar-refractivity contribution in [2.24, 2.45) is 0 Å². The van der Waals surface area contributed by atoms with Gasteiger partial charge in [0.15, 0.2) is 0 Å². The minimum absolute atomic E-state index is 0.521. The third kappa shape index (κ3) is 3.07. The van der Waals surface area contributed by atoms with Crippen molar-refractivity contribution in [2.45, 2.75) is 31.8 Å². The molecule has 2 rings (SSSR count). The fourth-order valence-electron chi connectivity index (χ4n) is 1.90. The van der Waals surface area contributed by atoms with Crippen molar-refractivity contribution in [3.05, 3.63) is 36.0 Å². The summed E-state index contributed by atoms with van der Waals surface area (Å²) in [4.78, 5) is 4.09. The lowest BCUT2D eigenvalue weighted by Gasteiger charge is -2.18. The summed E-state index contributed by atoms with van der Waals surface area (Å²) in [7, 11) is 1.64. The molecule has 1 heterocycles. The summed E-state index contributed by atoms with van der Waals surface area (Å²) in [6, 6.07) is 4.51. The molecule has 1 N–H and O–H groups in total. The van der Waals surface area contributed by atoms with E-state index in [-0.39, 0.29) is 0 Å². The number of allylic oxidation sites excluding steroid dienone is 1. The van der Waals surface area contributed by atoms with Crippen LogP contribution in [0.1, 0.15) is 24.8 Å². The molecule has 0 fully saturated rings. The number of methoxy groups -OCH3 is 1. The third-order valence-electron chi connectivity index (χ3n) is 2.83. The summed E-state index contributed by atoms with van der Waals surface area (Å²) < 4.78 is 5.09. The molecule has 1 aliphatic carbocycles. The molecule has 0 saturated heterocycles. The van der Waals surface area contributed by atoms with Crippen LogP contribution in [0.25, 0.3) is 0 Å². The lowest BCUT2D eigenvalue weighted by atomic mass is 10.0. The molecule has 16 heavy (non-hydrogen) atoms. The maximum atomic E-state index is 5.09. The van der Waals surface area contributed by atoms with Crippen molar-refractivity contribution >= 4 is 0 Å². The molecule has 0 saturated carbocycles. The fraction of sp³-hybridized carbons (Fsp3) is 0.462. The zero-order chi connectivity index (χ0) is 11.2. The summed E-state index contributed by atoms with van der Waals surface area (Å²) in [5, 5.41) is 3.52. The second kappa shape index (κ2) is 5.66. The van der Waals surface area contributed by atoms with Crippen molar-refractivity contribution in [1.29, 1.82) is 0 Å². The zero-order valence-corrected chi connectivity index (χ0v) is 9.65. The van der Waals surface area contributed by atoms with E-state index in [4.69, 9.17) is 4.74 Å². The first-order valence-electron chi connectivity index (χ1n) is 5.77. The summed E-state index contributed by atoms with van der Waals surface area (Å²) in [6.07, 6.45) is 10.1. The van der Waals surface area contributed by atoms with Crippen LogP contribution >= 0.6 is 0 Å². The zero-order valence-electron chi connectivity index (χ0n) is 9.65. The summed E-state index contributed by atoms with van der Waals surface area (Å²) in [5.74, 6) is 0.679. The van der Waals surface area contributed by atoms with E-state index in [1.807, 2.05) is 12.1 Å². The van der Waals surface area contributed by atoms with Gasteiger partial charge in [-0.25, -0.2) is 4.98 Å². The highest BCUT2D eigenvalue weighted by atomic mass is 16.5. The van der Waals surface area contributed by atoms with E-state index < -0.39 is 0 Å². The van der Waals surface area contributed by atoms with Gasteiger partial charge in [0.25, 0.3) is 0 Å². The van der Waals surface area contributed by atoms with Crippen molar-refractivity contribution in [1.82, 2.24) is 10.3 Å². The minimum Gasteiger partial charge on any atom is -0.481 e. The number of aromatic nitrogens is 1. The molecule has 1 unspecified atom stereocenters. The van der Waals surface area contributed by atoms with Crippen LogP contribution in [0.5, 0.6) is 5.88 Å². The first-order chi connectivity index (χ1) is 7.88. The van der Waals surface area contributed by atoms with Crippen LogP contribution in [0.2, 0.25) is 0 Å². The second-order valence-electron chi connectivity index (χ2n) is 4.05. The average molecular weight is 218 g/mol. The topological polar surface area (TPSA) is 34.1 Å². The largest absolute Gasteiger partial charge is 0.481 e. The van der Waals surface area contributed by atoms with Crippen LogP contribution < -0.4 is 10.1 Å². The van der Waals surface area contributed by atoms with Gasteiger partial charge in [0.05, 0.1) is 7.11 Å². The number of hydrogen-bond donors (Lipinski definition) is 1. The maximum absolute atomic E-state index is 5.09. The number of nitrogens with zero attached hydrogens (tertiary/aromatic N) is 1. The van der Waals surface area contributed by atoms with E-state index in [2.05, 4.69) is 22.5 Å². The maximum Gasteiger partial charge on any atom is 0.213 e. The molecule has 0 bridgehead atoms. The van der Waals surface area contributed by atoms with Crippen LogP contribution in [0.4, 0.5) is 0 Å². The highest BCUT2D eigenvalue weighted by Crippen LogP contribution is 2.12. The monoisotopic (exact) mass is 218 g/mol. The fourth-order valence-corrected chi connectivity index (χ4v) is 1.90. The Morgan fingerprint density at radius 3 is 3.25 bits per heavy atom. The summed E-state index contributed by atoms with van der Waals surface area (Å²) in [6.45, 7) is 0.869. The minimum atomic E-state index is 0.521. The van der Waals surface area contributed by atoms with Gasteiger partial charge in [-0.2, -0.15) is 0 Å². The van der Waals surface area contributed by atoms with Crippen molar-refractivity contribution in [3.8, 4) is 5.88 Å². The van der Waals surface area contributed by atoms with E-state index in [1.165, 1.54) is 24.8 Å². The number of hydrogen-bond acceptors (Lipinski definition) is 3. The van der Waals surface area contributed by atoms with E-state index in [9.17, 15) is 0 Å². The normalized spacial score (nSPS) is 19.7. The third-order valence-corrected chi connectivity index (χ3v) is 2.83. The average Bonchev–Trinajstić information content (AvgIpc) is 2.38. The predicted molar refractivity (Wildman–Crippen MR) is 64.4 cm³/mol. The first kappa shape index (κ1) is 11.1. The Labute approximate surface area is 96.5 Å². The quantitative estimate of drug-likeness (QED) is 0.787. The second-order valence-corrected chi connectivity index (χ2v) is 4.05. The number of rotatable bonds is 4. The van der Waals surface area contributed by atoms with Gasteiger partial charge in [-0.15, -0.1) is 0 Å². The van der Waals surface area contributed by atoms with Crippen molar-refractivity contribution in [2.75, 3.05) is 7.11 Å². The van der Waals surface area contributed by atoms with Gasteiger partial charge in [0.2, 0.25) is 5.88 Å². The Balaban J connectivity index is 1.88. The Morgan fingerprint density at radius 1 is 1.56 bits per heavy atom. The van der Waals surface area contributed by atoms with Gasteiger partial charge in [0.1, 0.15) is 0 Å². The van der Waals surface area contributed by atoms with Gasteiger partial charge < -0.3 is 10.1 Å². The molecule has 0 aromatic carbocycles. The van der Waals surface area contributed by atoms with Gasteiger partial charge in [-0.3, -0.25) is 0 Å². The smallest absolute Gasteiger partial charge is 0.213 e. The Bertz CT molecular complexity index is 363. The van der Waals surface area contributed by atoms with Crippen LogP contribution in [0.15, 0.2) is 30.5 Å². The molecule has 0 aliphatic heterocycles. The van der Waals surface area contributed by atoms with Crippen LogP contribution in [-0.2, 0) is 6.54 Å². The molecule has 1 atom stereocenters. The molecule has 3 heteroatoms. The molecule has 0 amide bonds. The summed E-state index contributed by atoms with van der Waals surface area (Å²) in [5.41, 5.74) is 1.21. The predicted octanol–water partition coefficient (Wildman–Crippen LogP) is 2.29. The Kier molecular flexibility index (Phi) is 3.94. The molecule has 1 aromatic rings. The SMILES string of the molecule is COc1cc(CNC2C=CCCC2)ccn1. The van der Waals surface area contributed by atoms with Crippen LogP contribution in [-0.4, -0.2) is 18.1 Å². The number of ether oxygens (including phenoxy) is 1. The standard InChI is InChI=1S/C13H18N2O/c1-16-13-9-11(7-8-14-13)10-15-12-5-3-2-4-6-12/h3,5,7-9,12,15H,2,4,6,10H2,1H3. The van der Waals surface area contributed by atoms with Gasteiger partial charge in [-0.1, -0.05) is 12.2 Å². The highest BCUT2D eigenvalue weighted by molar-refractivity contribution is 5.20. The lowest BCUT2D eigenvalue weighted by molar-refractivity contribution is 0.397. The molecule has 86 valence electrons. The molecule has 0 radical (unpaired) electrons. The van der Waals surface area contributed by atoms with Crippen molar-refractivity contribution in [3.63, 3.8) is 0 Å². The number of pyridine rings is 1. The van der Waals surface area contributed by atoms with E-state index in [0.29, 0.717) is 11.9 Å². The molecule has 1 aromatic heterocycles. The molecule has 0 spiro atoms. The summed E-state index contributed by atoms with van der Waals surface area (Å²) >= 11 is 0. The Hall–Kier alpha value is -1.35. The van der Waals surface area contributed by atoms with Crippen LogP contribution in [0.3, 0.4) is 0 Å². The first-order valence-corrected chi connectivity index (χ1v) is 5.77. The van der Waals surface area contributed by atoms with Crippen molar-refractivity contribution < 1.29 is 4.74 Å². The van der Waals surface area contributed by atoms with Gasteiger partial charge in [0, 0.05) is 24.8 Å². The lowest BCUT2D eigenvalue weighted by Crippen LogP contribution is -2.27. The van der Waals surface area contributed by atoms with E-state index in [1.54, 1.807) is 13.3 Å². The number of nitrogens with one attached hydrogen (secondary N) is 1. The molecular weight excluding hydrogens is 200 g/mol. The molecule has 1 aliphatic rings. The molecule has 3 nitrogen and oxygen atoms in total.